The molecule has 1 aromatic carbocycles. The zero-order valence-electron chi connectivity index (χ0n) is 8.09. The SMILES string of the molecule is Brc1ccc(C23CCC2CNC3)cc1. The molecule has 1 saturated heterocycles. The second kappa shape index (κ2) is 3.07. The Morgan fingerprint density at radius 2 is 2.07 bits per heavy atom. The van der Waals surface area contributed by atoms with Gasteiger partial charge in [-0.25, -0.2) is 0 Å². The molecule has 14 heavy (non-hydrogen) atoms. The number of hydrogen-bond acceptors (Lipinski definition) is 1. The lowest BCUT2D eigenvalue weighted by molar-refractivity contribution is 0.182. The van der Waals surface area contributed by atoms with E-state index in [4.69, 9.17) is 0 Å². The molecule has 0 aromatic heterocycles. The summed E-state index contributed by atoms with van der Waals surface area (Å²) in [5, 5.41) is 3.53. The first kappa shape index (κ1) is 8.93. The van der Waals surface area contributed by atoms with E-state index in [9.17, 15) is 0 Å². The Hall–Kier alpha value is -0.340. The van der Waals surface area contributed by atoms with Gasteiger partial charge in [-0.3, -0.25) is 0 Å². The molecule has 1 N–H and O–H groups in total. The topological polar surface area (TPSA) is 12.0 Å². The Kier molecular flexibility index (Phi) is 1.96. The number of halogens is 1. The molecule has 2 unspecified atom stereocenters. The maximum absolute atomic E-state index is 3.53. The van der Waals surface area contributed by atoms with Crippen molar-refractivity contribution >= 4 is 15.9 Å². The third-order valence-corrected chi connectivity index (χ3v) is 4.50. The molecule has 2 fully saturated rings. The fourth-order valence-corrected chi connectivity index (χ4v) is 3.22. The zero-order valence-corrected chi connectivity index (χ0v) is 9.68. The average Bonchev–Trinajstić information content (AvgIpc) is 2.45. The molecule has 1 saturated carbocycles. The van der Waals surface area contributed by atoms with E-state index in [0.717, 1.165) is 5.92 Å². The Bertz CT molecular complexity index is 346. The molecule has 1 nitrogen and oxygen atoms in total. The van der Waals surface area contributed by atoms with Gasteiger partial charge in [-0.2, -0.15) is 0 Å². The fraction of sp³-hybridized carbons (Fsp3) is 0.500. The Labute approximate surface area is 93.0 Å². The highest BCUT2D eigenvalue weighted by Crippen LogP contribution is 2.50. The van der Waals surface area contributed by atoms with Crippen LogP contribution < -0.4 is 5.32 Å². The molecule has 1 heterocycles. The summed E-state index contributed by atoms with van der Waals surface area (Å²) in [6.07, 6.45) is 2.77. The van der Waals surface area contributed by atoms with E-state index >= 15 is 0 Å². The molecule has 74 valence electrons. The van der Waals surface area contributed by atoms with Crippen LogP contribution >= 0.6 is 15.9 Å². The van der Waals surface area contributed by atoms with Crippen molar-refractivity contribution in [1.29, 1.82) is 0 Å². The van der Waals surface area contributed by atoms with E-state index < -0.39 is 0 Å². The van der Waals surface area contributed by atoms with Gasteiger partial charge in [-0.1, -0.05) is 28.1 Å². The van der Waals surface area contributed by atoms with Crippen LogP contribution in [0.2, 0.25) is 0 Å². The van der Waals surface area contributed by atoms with Crippen molar-refractivity contribution < 1.29 is 0 Å². The Balaban J connectivity index is 1.98. The van der Waals surface area contributed by atoms with Crippen molar-refractivity contribution in [3.05, 3.63) is 34.3 Å². The van der Waals surface area contributed by atoms with Gasteiger partial charge in [0.05, 0.1) is 0 Å². The molecule has 2 aliphatic rings. The third-order valence-electron chi connectivity index (χ3n) is 3.97. The van der Waals surface area contributed by atoms with Crippen LogP contribution in [0.25, 0.3) is 0 Å². The summed E-state index contributed by atoms with van der Waals surface area (Å²) in [5.74, 6) is 0.892. The maximum Gasteiger partial charge on any atom is 0.0175 e. The summed E-state index contributed by atoms with van der Waals surface area (Å²) < 4.78 is 1.18. The number of fused-ring (bicyclic) bond motifs is 1. The molecule has 0 amide bonds. The third kappa shape index (κ3) is 1.10. The van der Waals surface area contributed by atoms with Crippen LogP contribution in [0.15, 0.2) is 28.7 Å². The number of benzene rings is 1. The lowest BCUT2D eigenvalue weighted by Crippen LogP contribution is -2.43. The van der Waals surface area contributed by atoms with Gasteiger partial charge in [0.1, 0.15) is 0 Å². The van der Waals surface area contributed by atoms with E-state index in [2.05, 4.69) is 45.5 Å². The van der Waals surface area contributed by atoms with Gasteiger partial charge in [0, 0.05) is 16.4 Å². The van der Waals surface area contributed by atoms with Gasteiger partial charge in [-0.05, 0) is 43.0 Å². The van der Waals surface area contributed by atoms with E-state index in [1.807, 2.05) is 0 Å². The van der Waals surface area contributed by atoms with Crippen molar-refractivity contribution in [2.24, 2.45) is 5.92 Å². The van der Waals surface area contributed by atoms with E-state index in [0.29, 0.717) is 5.41 Å². The molecular weight excluding hydrogens is 238 g/mol. The number of nitrogens with one attached hydrogen (secondary N) is 1. The molecule has 1 aromatic rings. The van der Waals surface area contributed by atoms with Crippen LogP contribution in [0.3, 0.4) is 0 Å². The van der Waals surface area contributed by atoms with E-state index in [-0.39, 0.29) is 0 Å². The minimum atomic E-state index is 0.487. The predicted octanol–water partition coefficient (Wildman–Crippen LogP) is 2.70. The van der Waals surface area contributed by atoms with Gasteiger partial charge < -0.3 is 5.32 Å². The second-order valence-electron chi connectivity index (χ2n) is 4.53. The monoisotopic (exact) mass is 251 g/mol. The van der Waals surface area contributed by atoms with Crippen molar-refractivity contribution in [2.75, 3.05) is 13.1 Å². The maximum atomic E-state index is 3.53. The molecular formula is C12H14BrN. The summed E-state index contributed by atoms with van der Waals surface area (Å²) in [7, 11) is 0. The van der Waals surface area contributed by atoms with Crippen LogP contribution in [0, 0.1) is 5.92 Å². The highest BCUT2D eigenvalue weighted by molar-refractivity contribution is 9.10. The predicted molar refractivity (Wildman–Crippen MR) is 61.4 cm³/mol. The Morgan fingerprint density at radius 1 is 1.29 bits per heavy atom. The first-order valence-electron chi connectivity index (χ1n) is 5.28. The summed E-state index contributed by atoms with van der Waals surface area (Å²) in [6.45, 7) is 2.40. The molecule has 1 aliphatic heterocycles. The van der Waals surface area contributed by atoms with Crippen molar-refractivity contribution in [2.45, 2.75) is 18.3 Å². The smallest absolute Gasteiger partial charge is 0.0175 e. The van der Waals surface area contributed by atoms with Gasteiger partial charge in [0.25, 0.3) is 0 Å². The van der Waals surface area contributed by atoms with Crippen LogP contribution in [-0.2, 0) is 5.41 Å². The van der Waals surface area contributed by atoms with Gasteiger partial charge >= 0.3 is 0 Å². The van der Waals surface area contributed by atoms with Crippen LogP contribution in [0.1, 0.15) is 18.4 Å². The fourth-order valence-electron chi connectivity index (χ4n) is 2.96. The molecule has 0 bridgehead atoms. The largest absolute Gasteiger partial charge is 0.316 e. The first-order chi connectivity index (χ1) is 6.81. The van der Waals surface area contributed by atoms with Crippen LogP contribution in [0.4, 0.5) is 0 Å². The lowest BCUT2D eigenvalue weighted by atomic mass is 9.59. The average molecular weight is 252 g/mol. The van der Waals surface area contributed by atoms with E-state index in [1.54, 1.807) is 0 Å². The molecule has 3 rings (SSSR count). The van der Waals surface area contributed by atoms with Gasteiger partial charge in [-0.15, -0.1) is 0 Å². The molecule has 0 radical (unpaired) electrons. The highest BCUT2D eigenvalue weighted by Gasteiger charge is 2.50. The van der Waals surface area contributed by atoms with Crippen molar-refractivity contribution in [3.8, 4) is 0 Å². The molecule has 1 aliphatic carbocycles. The number of rotatable bonds is 1. The second-order valence-corrected chi connectivity index (χ2v) is 5.45. The number of hydrogen-bond donors (Lipinski definition) is 1. The minimum absolute atomic E-state index is 0.487. The van der Waals surface area contributed by atoms with Crippen LogP contribution in [0.5, 0.6) is 0 Å². The molecule has 0 spiro atoms. The summed E-state index contributed by atoms with van der Waals surface area (Å²) in [4.78, 5) is 0. The minimum Gasteiger partial charge on any atom is -0.316 e. The Morgan fingerprint density at radius 3 is 2.64 bits per heavy atom. The lowest BCUT2D eigenvalue weighted by Gasteiger charge is -2.44. The highest BCUT2D eigenvalue weighted by atomic mass is 79.9. The first-order valence-corrected chi connectivity index (χ1v) is 6.07. The molecule has 2 atom stereocenters. The summed E-state index contributed by atoms with van der Waals surface area (Å²) in [6, 6.07) is 8.89. The summed E-state index contributed by atoms with van der Waals surface area (Å²) in [5.41, 5.74) is 2.02. The molecule has 2 heteroatoms. The standard InChI is InChI=1S/C12H14BrN/c13-11-3-1-9(2-4-11)12-6-5-10(12)7-14-8-12/h1-4,10,14H,5-8H2. The van der Waals surface area contributed by atoms with Crippen molar-refractivity contribution in [1.82, 2.24) is 5.32 Å². The quantitative estimate of drug-likeness (QED) is 0.810. The zero-order chi connectivity index (χ0) is 9.60. The normalized spacial score (nSPS) is 35.1. The van der Waals surface area contributed by atoms with Crippen LogP contribution in [-0.4, -0.2) is 13.1 Å². The van der Waals surface area contributed by atoms with E-state index in [1.165, 1.54) is 36.0 Å². The van der Waals surface area contributed by atoms with Crippen molar-refractivity contribution in [3.63, 3.8) is 0 Å². The van der Waals surface area contributed by atoms with Gasteiger partial charge in [0.15, 0.2) is 0 Å². The summed E-state index contributed by atoms with van der Waals surface area (Å²) >= 11 is 3.49. The van der Waals surface area contributed by atoms with Gasteiger partial charge in [0.2, 0.25) is 0 Å².